The van der Waals surface area contributed by atoms with Crippen LogP contribution in [-0.4, -0.2) is 104 Å². The van der Waals surface area contributed by atoms with Gasteiger partial charge < -0.3 is 44.7 Å². The third-order valence-corrected chi connectivity index (χ3v) is 13.2. The monoisotopic (exact) mass is 811 g/mol. The molecule has 11 atom stereocenters. The first-order valence-electron chi connectivity index (χ1n) is 19.6. The third kappa shape index (κ3) is 6.76. The van der Waals surface area contributed by atoms with Gasteiger partial charge in [-0.1, -0.05) is 80.6 Å². The zero-order valence-electron chi connectivity index (χ0n) is 33.4. The molecule has 5 N–H and O–H groups in total. The van der Waals surface area contributed by atoms with Crippen LogP contribution in [0.15, 0.2) is 102 Å². The number of ketones is 1. The first kappa shape index (κ1) is 41.9. The van der Waals surface area contributed by atoms with Gasteiger partial charge in [-0.05, 0) is 54.8 Å². The van der Waals surface area contributed by atoms with E-state index < -0.39 is 107 Å². The van der Waals surface area contributed by atoms with Crippen molar-refractivity contribution in [3.63, 3.8) is 0 Å². The normalized spacial score (nSPS) is 33.0. The number of ether oxygens (including phenoxy) is 4. The lowest BCUT2D eigenvalue weighted by atomic mass is 9.44. The number of hydrogen-bond acceptors (Lipinski definition) is 13. The molecule has 59 heavy (non-hydrogen) atoms. The van der Waals surface area contributed by atoms with Gasteiger partial charge in [-0.25, -0.2) is 9.59 Å². The number of nitrogens with one attached hydrogen (secondary N) is 1. The van der Waals surface area contributed by atoms with E-state index in [2.05, 4.69) is 5.32 Å². The molecule has 1 aliphatic heterocycles. The molecule has 0 aromatic heterocycles. The van der Waals surface area contributed by atoms with Crippen molar-refractivity contribution in [3.05, 3.63) is 119 Å². The molecule has 14 heteroatoms. The SMILES string of the molecule is CC(=O)O[C@@]12CO[C@@H]1C[C@@H](O)[C@@]1(C)C(=O)[C@H](O)C3=C(C)C(OC(=O)C(O)C(NC(=O)c4ccccc4)c4ccccc4)C[C@@](O)([C@@H](OC(=O)c4ccccc4)C12)C3(C)C. The van der Waals surface area contributed by atoms with Crippen molar-refractivity contribution in [3.8, 4) is 0 Å². The lowest BCUT2D eigenvalue weighted by molar-refractivity contribution is -0.346. The minimum Gasteiger partial charge on any atom is -0.456 e. The summed E-state index contributed by atoms with van der Waals surface area (Å²) in [7, 11) is 0. The number of carbonyl (C=O) groups is 5. The summed E-state index contributed by atoms with van der Waals surface area (Å²) in [5.74, 6) is -5.89. The Bertz CT molecular complexity index is 2160. The molecule has 1 saturated heterocycles. The Labute approximate surface area is 341 Å². The molecule has 14 nitrogen and oxygen atoms in total. The van der Waals surface area contributed by atoms with Gasteiger partial charge in [0.25, 0.3) is 5.91 Å². The van der Waals surface area contributed by atoms with Crippen molar-refractivity contribution in [2.75, 3.05) is 6.61 Å². The molecule has 7 rings (SSSR count). The second-order valence-electron chi connectivity index (χ2n) is 16.8. The predicted molar refractivity (Wildman–Crippen MR) is 208 cm³/mol. The molecule has 0 radical (unpaired) electrons. The Morgan fingerprint density at radius 1 is 0.864 bits per heavy atom. The topological polar surface area (TPSA) is 215 Å². The largest absolute Gasteiger partial charge is 0.456 e. The van der Waals surface area contributed by atoms with Crippen molar-refractivity contribution in [1.29, 1.82) is 0 Å². The van der Waals surface area contributed by atoms with E-state index in [1.807, 2.05) is 0 Å². The zero-order valence-corrected chi connectivity index (χ0v) is 33.4. The lowest BCUT2D eigenvalue weighted by Gasteiger charge is -2.67. The summed E-state index contributed by atoms with van der Waals surface area (Å²) >= 11 is 0. The quantitative estimate of drug-likeness (QED) is 0.120. The summed E-state index contributed by atoms with van der Waals surface area (Å²) in [6.07, 6.45) is -10.5. The van der Waals surface area contributed by atoms with Crippen LogP contribution >= 0.6 is 0 Å². The van der Waals surface area contributed by atoms with Crippen LogP contribution in [0.5, 0.6) is 0 Å². The molecule has 3 aromatic carbocycles. The van der Waals surface area contributed by atoms with Gasteiger partial charge >= 0.3 is 17.9 Å². The maximum absolute atomic E-state index is 15.0. The van der Waals surface area contributed by atoms with Gasteiger partial charge in [0.05, 0.1) is 35.6 Å². The van der Waals surface area contributed by atoms with Gasteiger partial charge in [-0.3, -0.25) is 14.4 Å². The lowest BCUT2D eigenvalue weighted by Crippen LogP contribution is -2.81. The van der Waals surface area contributed by atoms with E-state index in [1.54, 1.807) is 92.7 Å². The molecular formula is C45H49NO13. The fraction of sp³-hybridized carbons (Fsp3) is 0.444. The fourth-order valence-corrected chi connectivity index (χ4v) is 9.94. The molecule has 2 saturated carbocycles. The Balaban J connectivity index is 1.34. The second-order valence-corrected chi connectivity index (χ2v) is 16.8. The average molecular weight is 812 g/mol. The van der Waals surface area contributed by atoms with E-state index in [-0.39, 0.29) is 35.3 Å². The van der Waals surface area contributed by atoms with Gasteiger partial charge in [0.2, 0.25) is 0 Å². The molecule has 3 aliphatic carbocycles. The minimum absolute atomic E-state index is 0.0540. The number of aliphatic hydroxyl groups is 4. The highest BCUT2D eigenvalue weighted by atomic mass is 16.6. The van der Waals surface area contributed by atoms with E-state index in [4.69, 9.17) is 18.9 Å². The van der Waals surface area contributed by atoms with Crippen LogP contribution in [0.1, 0.15) is 79.8 Å². The summed E-state index contributed by atoms with van der Waals surface area (Å²) in [6.45, 7) is 6.89. The number of rotatable bonds is 9. The summed E-state index contributed by atoms with van der Waals surface area (Å²) in [4.78, 5) is 69.5. The predicted octanol–water partition coefficient (Wildman–Crippen LogP) is 3.16. The van der Waals surface area contributed by atoms with Gasteiger partial charge in [-0.15, -0.1) is 0 Å². The van der Waals surface area contributed by atoms with Crippen LogP contribution in [0, 0.1) is 16.7 Å². The number of aliphatic hydroxyl groups excluding tert-OH is 3. The molecule has 2 bridgehead atoms. The summed E-state index contributed by atoms with van der Waals surface area (Å²) in [5.41, 5.74) is -6.86. The van der Waals surface area contributed by atoms with Crippen molar-refractivity contribution < 1.29 is 63.3 Å². The Hall–Kier alpha value is -5.25. The number of hydrogen-bond donors (Lipinski definition) is 5. The van der Waals surface area contributed by atoms with Crippen molar-refractivity contribution in [1.82, 2.24) is 5.32 Å². The maximum Gasteiger partial charge on any atom is 0.338 e. The van der Waals surface area contributed by atoms with Crippen LogP contribution < -0.4 is 5.32 Å². The molecule has 1 amide bonds. The molecule has 4 aliphatic rings. The van der Waals surface area contributed by atoms with Gasteiger partial charge in [-0.2, -0.15) is 0 Å². The zero-order chi connectivity index (χ0) is 42.7. The number of esters is 3. The van der Waals surface area contributed by atoms with Crippen molar-refractivity contribution >= 4 is 29.6 Å². The maximum atomic E-state index is 15.0. The van der Waals surface area contributed by atoms with Crippen molar-refractivity contribution in [2.24, 2.45) is 16.7 Å². The van der Waals surface area contributed by atoms with Crippen LogP contribution in [0.3, 0.4) is 0 Å². The molecule has 4 unspecified atom stereocenters. The number of benzene rings is 3. The second kappa shape index (κ2) is 15.4. The molecule has 1 heterocycles. The van der Waals surface area contributed by atoms with E-state index >= 15 is 0 Å². The molecule has 312 valence electrons. The minimum atomic E-state index is -2.35. The van der Waals surface area contributed by atoms with Crippen LogP contribution in [0.4, 0.5) is 0 Å². The summed E-state index contributed by atoms with van der Waals surface area (Å²) < 4.78 is 24.2. The molecule has 3 aromatic rings. The highest BCUT2D eigenvalue weighted by Gasteiger charge is 2.78. The first-order chi connectivity index (χ1) is 27.9. The Morgan fingerprint density at radius 3 is 2.00 bits per heavy atom. The molecular weight excluding hydrogens is 762 g/mol. The standard InChI is InChI=1S/C45H49NO13/c1-24-29(57-41(54)35(50)33(26-15-9-6-10-16-26)46-39(52)27-17-11-7-12-18-27)22-45(55)38(58-40(53)28-19-13-8-14-20-28)36-43(5,37(51)34(49)32(24)42(45,3)4)30(48)21-31-44(36,23-56-31)59-25(2)47/h6-20,29-31,33-36,38,48-50,55H,21-23H2,1-5H3,(H,46,52)/t29?,30-,31-,33?,34-,35?,36?,38+,43-,44+,45-/m1/s1. The van der Waals surface area contributed by atoms with Gasteiger partial charge in [0.1, 0.15) is 30.0 Å². The highest BCUT2D eigenvalue weighted by Crippen LogP contribution is 2.64. The fourth-order valence-electron chi connectivity index (χ4n) is 9.94. The van der Waals surface area contributed by atoms with E-state index in [9.17, 15) is 44.4 Å². The number of carbonyl (C=O) groups excluding carboxylic acids is 5. The van der Waals surface area contributed by atoms with E-state index in [0.717, 1.165) is 6.92 Å². The molecule has 3 fully saturated rings. The van der Waals surface area contributed by atoms with E-state index in [0.29, 0.717) is 5.56 Å². The number of Topliss-reactive ketones (excluding diaryl/α,β-unsaturated/α-hetero) is 1. The summed E-state index contributed by atoms with van der Waals surface area (Å²) in [5, 5.41) is 51.9. The number of fused-ring (bicyclic) bond motifs is 5. The van der Waals surface area contributed by atoms with Gasteiger partial charge in [0.15, 0.2) is 17.5 Å². The van der Waals surface area contributed by atoms with Crippen molar-refractivity contribution in [2.45, 2.75) is 101 Å². The Morgan fingerprint density at radius 2 is 1.44 bits per heavy atom. The number of amides is 1. The first-order valence-corrected chi connectivity index (χ1v) is 19.6. The van der Waals surface area contributed by atoms with Crippen LogP contribution in [-0.2, 0) is 33.3 Å². The van der Waals surface area contributed by atoms with E-state index in [1.165, 1.54) is 26.0 Å². The average Bonchev–Trinajstić information content (AvgIpc) is 3.21. The smallest absolute Gasteiger partial charge is 0.338 e. The Kier molecular flexibility index (Phi) is 10.9. The van der Waals surface area contributed by atoms with Gasteiger partial charge in [0, 0.05) is 30.7 Å². The highest BCUT2D eigenvalue weighted by molar-refractivity contribution is 5.95. The van der Waals surface area contributed by atoms with Crippen LogP contribution in [0.2, 0.25) is 0 Å². The summed E-state index contributed by atoms with van der Waals surface area (Å²) in [6, 6.07) is 23.1. The van der Waals surface area contributed by atoms with Crippen LogP contribution in [0.25, 0.3) is 0 Å². The third-order valence-electron chi connectivity index (χ3n) is 13.2. The molecule has 0 spiro atoms.